The molecule has 0 radical (unpaired) electrons. The maximum Gasteiger partial charge on any atom is 0.127 e. The first kappa shape index (κ1) is 12.7. The maximum atomic E-state index is 13.1. The second-order valence-corrected chi connectivity index (χ2v) is 4.70. The van der Waals surface area contributed by atoms with Crippen molar-refractivity contribution in [3.05, 3.63) is 65.6 Å². The fraction of sp³-hybridized carbons (Fsp3) is 0. The molecule has 1 aromatic heterocycles. The zero-order valence-electron chi connectivity index (χ0n) is 10.3. The van der Waals surface area contributed by atoms with Crippen LogP contribution in [0.1, 0.15) is 0 Å². The number of hydrogen-bond donors (Lipinski definition) is 1. The molecule has 3 rings (SSSR count). The molecule has 1 N–H and O–H groups in total. The second-order valence-electron chi connectivity index (χ2n) is 4.27. The van der Waals surface area contributed by atoms with E-state index in [9.17, 15) is 9.50 Å². The minimum absolute atomic E-state index is 0.124. The Kier molecular flexibility index (Phi) is 3.16. The van der Waals surface area contributed by atoms with Crippen molar-refractivity contribution >= 4 is 11.6 Å². The Morgan fingerprint density at radius 3 is 2.50 bits per heavy atom. The predicted octanol–water partition coefficient (Wildman–Crippen LogP) is 4.04. The summed E-state index contributed by atoms with van der Waals surface area (Å²) < 4.78 is 14.7. The van der Waals surface area contributed by atoms with Crippen molar-refractivity contribution in [3.8, 4) is 22.7 Å². The topological polar surface area (TPSA) is 38.1 Å². The molecule has 3 nitrogen and oxygen atoms in total. The highest BCUT2D eigenvalue weighted by atomic mass is 35.5. The van der Waals surface area contributed by atoms with Gasteiger partial charge >= 0.3 is 0 Å². The Morgan fingerprint density at radius 2 is 1.80 bits per heavy atom. The molecule has 0 spiro atoms. The van der Waals surface area contributed by atoms with Crippen LogP contribution >= 0.6 is 11.6 Å². The molecule has 100 valence electrons. The van der Waals surface area contributed by atoms with Crippen molar-refractivity contribution in [2.24, 2.45) is 0 Å². The molecule has 2 aromatic carbocycles. The van der Waals surface area contributed by atoms with Crippen LogP contribution in [-0.2, 0) is 0 Å². The number of hydrogen-bond acceptors (Lipinski definition) is 2. The lowest BCUT2D eigenvalue weighted by molar-refractivity contribution is 0.470. The third-order valence-electron chi connectivity index (χ3n) is 2.95. The van der Waals surface area contributed by atoms with Crippen LogP contribution in [0, 0.1) is 5.82 Å². The Balaban J connectivity index is 2.12. The Bertz CT molecular complexity index is 753. The van der Waals surface area contributed by atoms with Gasteiger partial charge in [-0.3, -0.25) is 0 Å². The molecule has 0 saturated carbocycles. The zero-order valence-corrected chi connectivity index (χ0v) is 11.0. The lowest BCUT2D eigenvalue weighted by atomic mass is 10.1. The van der Waals surface area contributed by atoms with Gasteiger partial charge in [0, 0.05) is 16.7 Å². The quantitative estimate of drug-likeness (QED) is 0.773. The molecular weight excluding hydrogens is 279 g/mol. The van der Waals surface area contributed by atoms with Crippen molar-refractivity contribution in [1.82, 2.24) is 9.78 Å². The third kappa shape index (κ3) is 2.26. The SMILES string of the molecule is Oc1cc(F)ccc1-c1ccnn1-c1ccc(Cl)cc1. The summed E-state index contributed by atoms with van der Waals surface area (Å²) in [7, 11) is 0. The van der Waals surface area contributed by atoms with E-state index in [1.165, 1.54) is 12.1 Å². The summed E-state index contributed by atoms with van der Waals surface area (Å²) in [4.78, 5) is 0. The molecule has 0 unspecified atom stereocenters. The number of phenols is 1. The number of aromatic hydroxyl groups is 1. The molecule has 1 heterocycles. The number of nitrogens with zero attached hydrogens (tertiary/aromatic N) is 2. The standard InChI is InChI=1S/C15H10ClFN2O/c16-10-1-4-12(5-2-10)19-14(7-8-18-19)13-6-3-11(17)9-15(13)20/h1-9,20H. The van der Waals surface area contributed by atoms with Gasteiger partial charge in [0.05, 0.1) is 17.6 Å². The fourth-order valence-electron chi connectivity index (χ4n) is 2.02. The summed E-state index contributed by atoms with van der Waals surface area (Å²) >= 11 is 5.86. The lowest BCUT2D eigenvalue weighted by Gasteiger charge is -2.09. The number of rotatable bonds is 2. The van der Waals surface area contributed by atoms with Gasteiger partial charge in [-0.15, -0.1) is 0 Å². The van der Waals surface area contributed by atoms with Crippen molar-refractivity contribution < 1.29 is 9.50 Å². The zero-order chi connectivity index (χ0) is 14.1. The van der Waals surface area contributed by atoms with Crippen LogP contribution < -0.4 is 0 Å². The molecule has 0 amide bonds. The van der Waals surface area contributed by atoms with Gasteiger partial charge in [-0.1, -0.05) is 11.6 Å². The molecule has 0 atom stereocenters. The molecule has 3 aromatic rings. The fourth-order valence-corrected chi connectivity index (χ4v) is 2.14. The van der Waals surface area contributed by atoms with Gasteiger partial charge in [0.2, 0.25) is 0 Å². The predicted molar refractivity (Wildman–Crippen MR) is 75.6 cm³/mol. The van der Waals surface area contributed by atoms with Gasteiger partial charge < -0.3 is 5.11 Å². The van der Waals surface area contributed by atoms with Crippen molar-refractivity contribution in [1.29, 1.82) is 0 Å². The van der Waals surface area contributed by atoms with E-state index in [2.05, 4.69) is 5.10 Å². The van der Waals surface area contributed by atoms with Crippen molar-refractivity contribution in [2.75, 3.05) is 0 Å². The minimum Gasteiger partial charge on any atom is -0.507 e. The second kappa shape index (κ2) is 4.98. The number of benzene rings is 2. The van der Waals surface area contributed by atoms with Crippen LogP contribution in [0.5, 0.6) is 5.75 Å². The molecule has 0 bridgehead atoms. The highest BCUT2D eigenvalue weighted by molar-refractivity contribution is 6.30. The van der Waals surface area contributed by atoms with Crippen molar-refractivity contribution in [3.63, 3.8) is 0 Å². The Hall–Kier alpha value is -2.33. The Morgan fingerprint density at radius 1 is 1.05 bits per heavy atom. The van der Waals surface area contributed by atoms with Gasteiger partial charge in [0.15, 0.2) is 0 Å². The van der Waals surface area contributed by atoms with Crippen LogP contribution in [0.3, 0.4) is 0 Å². The summed E-state index contributed by atoms with van der Waals surface area (Å²) in [6, 6.07) is 12.8. The summed E-state index contributed by atoms with van der Waals surface area (Å²) in [5, 5.41) is 14.7. The van der Waals surface area contributed by atoms with Crippen LogP contribution in [-0.4, -0.2) is 14.9 Å². The van der Waals surface area contributed by atoms with E-state index >= 15 is 0 Å². The number of aromatic nitrogens is 2. The molecule has 0 aliphatic rings. The summed E-state index contributed by atoms with van der Waals surface area (Å²) in [5.74, 6) is -0.607. The van der Waals surface area contributed by atoms with Crippen molar-refractivity contribution in [2.45, 2.75) is 0 Å². The van der Waals surface area contributed by atoms with E-state index < -0.39 is 5.82 Å². The van der Waals surface area contributed by atoms with Gasteiger partial charge in [-0.25, -0.2) is 9.07 Å². The van der Waals surface area contributed by atoms with Gasteiger partial charge in [0.25, 0.3) is 0 Å². The highest BCUT2D eigenvalue weighted by Crippen LogP contribution is 2.31. The van der Waals surface area contributed by atoms with Gasteiger partial charge in [0.1, 0.15) is 11.6 Å². The first-order chi connectivity index (χ1) is 9.65. The molecule has 20 heavy (non-hydrogen) atoms. The van der Waals surface area contributed by atoms with E-state index in [1.807, 2.05) is 12.1 Å². The maximum absolute atomic E-state index is 13.1. The highest BCUT2D eigenvalue weighted by Gasteiger charge is 2.12. The molecule has 5 heteroatoms. The monoisotopic (exact) mass is 288 g/mol. The first-order valence-electron chi connectivity index (χ1n) is 5.94. The molecule has 0 aliphatic carbocycles. The first-order valence-corrected chi connectivity index (χ1v) is 6.32. The van der Waals surface area contributed by atoms with Crippen LogP contribution in [0.15, 0.2) is 54.7 Å². The normalized spacial score (nSPS) is 10.7. The summed E-state index contributed by atoms with van der Waals surface area (Å²) in [6.45, 7) is 0. The van der Waals surface area contributed by atoms with E-state index in [4.69, 9.17) is 11.6 Å². The van der Waals surface area contributed by atoms with E-state index in [1.54, 1.807) is 29.1 Å². The van der Waals surface area contributed by atoms with Crippen LogP contribution in [0.25, 0.3) is 16.9 Å². The van der Waals surface area contributed by atoms with Crippen LogP contribution in [0.4, 0.5) is 4.39 Å². The molecule has 0 fully saturated rings. The third-order valence-corrected chi connectivity index (χ3v) is 3.20. The summed E-state index contributed by atoms with van der Waals surface area (Å²) in [5.41, 5.74) is 1.99. The average molecular weight is 289 g/mol. The molecule has 0 aliphatic heterocycles. The number of phenolic OH excluding ortho intramolecular Hbond substituents is 1. The van der Waals surface area contributed by atoms with E-state index in [-0.39, 0.29) is 5.75 Å². The molecular formula is C15H10ClFN2O. The lowest BCUT2D eigenvalue weighted by Crippen LogP contribution is -1.98. The molecule has 0 saturated heterocycles. The van der Waals surface area contributed by atoms with Gasteiger partial charge in [-0.2, -0.15) is 5.10 Å². The summed E-state index contributed by atoms with van der Waals surface area (Å²) in [6.07, 6.45) is 1.62. The average Bonchev–Trinajstić information content (AvgIpc) is 2.88. The van der Waals surface area contributed by atoms with E-state index in [0.717, 1.165) is 11.8 Å². The van der Waals surface area contributed by atoms with Gasteiger partial charge in [-0.05, 0) is 42.5 Å². The largest absolute Gasteiger partial charge is 0.507 e. The van der Waals surface area contributed by atoms with E-state index in [0.29, 0.717) is 16.3 Å². The Labute approximate surface area is 119 Å². The minimum atomic E-state index is -0.483. The van der Waals surface area contributed by atoms with Crippen LogP contribution in [0.2, 0.25) is 5.02 Å². The number of halogens is 2. The smallest absolute Gasteiger partial charge is 0.127 e.